The van der Waals surface area contributed by atoms with Crippen LogP contribution in [0.3, 0.4) is 0 Å². The molecule has 94 heavy (non-hydrogen) atoms. The molecule has 566 valence electrons. The molecule has 0 aromatic rings. The van der Waals surface area contributed by atoms with Gasteiger partial charge in [0.05, 0.1) is 51.3 Å². The molecule has 0 saturated carbocycles. The summed E-state index contributed by atoms with van der Waals surface area (Å²) in [6.07, 6.45) is 9.47. The van der Waals surface area contributed by atoms with Crippen molar-refractivity contribution >= 4 is 0 Å². The molecule has 0 aliphatic carbocycles. The summed E-state index contributed by atoms with van der Waals surface area (Å²) >= 11 is 0. The molecule has 0 amide bonds. The Bertz CT molecular complexity index is 1740. The zero-order valence-corrected chi connectivity index (χ0v) is 65.3. The monoisotopic (exact) mass is 1360 g/mol. The molecule has 6 rings (SSSR count). The van der Waals surface area contributed by atoms with Gasteiger partial charge in [-0.05, 0) is 162 Å². The van der Waals surface area contributed by atoms with Crippen molar-refractivity contribution in [3.63, 3.8) is 0 Å². The van der Waals surface area contributed by atoms with Crippen molar-refractivity contribution in [3.8, 4) is 0 Å². The van der Waals surface area contributed by atoms with Crippen molar-refractivity contribution in [1.82, 2.24) is 0 Å². The van der Waals surface area contributed by atoms with Gasteiger partial charge in [0, 0.05) is 13.2 Å². The molecule has 0 aromatic heterocycles. The van der Waals surface area contributed by atoms with Crippen LogP contribution >= 0.6 is 0 Å². The Hall–Kier alpha value is -0.760. The first kappa shape index (κ1) is 93.2. The summed E-state index contributed by atoms with van der Waals surface area (Å²) in [6.45, 7) is 60.5. The van der Waals surface area contributed by atoms with Gasteiger partial charge in [-0.1, -0.05) is 169 Å². The molecule has 0 aromatic carbocycles. The quantitative estimate of drug-likeness (QED) is 0.0384. The lowest BCUT2D eigenvalue weighted by Crippen LogP contribution is -2.39. The molecular formula is C75H152O19. The fraction of sp³-hybridized carbons (Fsp3) is 1.00. The van der Waals surface area contributed by atoms with Crippen LogP contribution in [0, 0.1) is 53.3 Å². The van der Waals surface area contributed by atoms with Gasteiger partial charge in [-0.2, -0.15) is 0 Å². The van der Waals surface area contributed by atoms with Gasteiger partial charge < -0.3 is 92.6 Å². The van der Waals surface area contributed by atoms with E-state index in [1.165, 1.54) is 44.9 Å². The molecule has 21 unspecified atom stereocenters. The molecular weight excluding hydrogens is 1200 g/mol. The maximum atomic E-state index is 9.26. The standard InChI is InChI=1S/C13H24O4.C12H22O5.C11H20O5.2C11H24.C10H22O.C7H16O4/c1-6-7-9-11(17-13(4,5)15-9)10-8-14-12(2,3)16-10;1-11(2)14-7-9(16-11)10-8(5-6-13)15-12(3,4)17-10;1-10(2)13-6-8(15-10)9-7(5-12)14-11(3,4)16-9;2*1-6-8-10(4)11(5)9(3)7-2;1-5-8(2)10(4)9(3)6-7-11;1-2-3-5(9)7(11)6(10)4-8/h9-11H,6-8H2,1-5H3;8-10,13H,5-7H2,1-4H3;7-9,12H,5-6H2,1-4H3;2*9-11H,6-8H2,1-5H3;8-11H,5-7H2,1-4H3;5-11H,2-4H2,1H3. The van der Waals surface area contributed by atoms with E-state index in [0.717, 1.165) is 73.0 Å². The van der Waals surface area contributed by atoms with Crippen molar-refractivity contribution < 1.29 is 92.6 Å². The van der Waals surface area contributed by atoms with Crippen LogP contribution in [0.25, 0.3) is 0 Å². The van der Waals surface area contributed by atoms with Gasteiger partial charge in [-0.25, -0.2) is 0 Å². The van der Waals surface area contributed by atoms with E-state index in [2.05, 4.69) is 104 Å². The van der Waals surface area contributed by atoms with Crippen molar-refractivity contribution in [2.24, 2.45) is 53.3 Å². The van der Waals surface area contributed by atoms with Gasteiger partial charge in [-0.3, -0.25) is 0 Å². The lowest BCUT2D eigenvalue weighted by molar-refractivity contribution is -0.175. The molecule has 0 bridgehead atoms. The zero-order chi connectivity index (χ0) is 72.8. The van der Waals surface area contributed by atoms with E-state index < -0.39 is 59.6 Å². The number of hydrogen-bond acceptors (Lipinski definition) is 19. The van der Waals surface area contributed by atoms with Gasteiger partial charge in [0.1, 0.15) is 54.9 Å². The highest BCUT2D eigenvalue weighted by atomic mass is 16.8. The fourth-order valence-electron chi connectivity index (χ4n) is 12.7. The van der Waals surface area contributed by atoms with Crippen LogP contribution in [0.15, 0.2) is 0 Å². The Kier molecular flexibility index (Phi) is 44.9. The molecule has 19 nitrogen and oxygen atoms in total. The second-order valence-electron chi connectivity index (χ2n) is 30.9. The number of aliphatic hydroxyl groups is 7. The maximum Gasteiger partial charge on any atom is 0.164 e. The van der Waals surface area contributed by atoms with E-state index in [-0.39, 0.29) is 68.1 Å². The highest BCUT2D eigenvalue weighted by Gasteiger charge is 2.52. The topological polar surface area (TPSA) is 252 Å². The molecule has 7 N–H and O–H groups in total. The van der Waals surface area contributed by atoms with E-state index in [0.29, 0.717) is 45.2 Å². The summed E-state index contributed by atoms with van der Waals surface area (Å²) in [5, 5.41) is 62.5. The average Bonchev–Trinajstić information content (AvgIpc) is 1.66. The first-order valence-corrected chi connectivity index (χ1v) is 37.0. The van der Waals surface area contributed by atoms with Crippen LogP contribution in [0.5, 0.6) is 0 Å². The highest BCUT2D eigenvalue weighted by molar-refractivity contribution is 4.93. The normalized spacial score (nSPS) is 30.5. The maximum absolute atomic E-state index is 9.26. The van der Waals surface area contributed by atoms with Crippen LogP contribution in [-0.2, 0) is 56.8 Å². The third-order valence-electron chi connectivity index (χ3n) is 20.0. The van der Waals surface area contributed by atoms with Crippen LogP contribution in [0.1, 0.15) is 277 Å². The molecule has 6 saturated heterocycles. The van der Waals surface area contributed by atoms with Crippen LogP contribution in [-0.4, -0.2) is 190 Å². The molecule has 0 radical (unpaired) electrons. The first-order chi connectivity index (χ1) is 43.5. The average molecular weight is 1360 g/mol. The minimum absolute atomic E-state index is 0.0216. The smallest absolute Gasteiger partial charge is 0.164 e. The molecule has 6 fully saturated rings. The lowest BCUT2D eigenvalue weighted by Gasteiger charge is -2.24. The second-order valence-corrected chi connectivity index (χ2v) is 30.9. The predicted octanol–water partition coefficient (Wildman–Crippen LogP) is 13.9. The molecule has 19 heteroatoms. The first-order valence-electron chi connectivity index (χ1n) is 37.0. The Morgan fingerprint density at radius 3 is 0.894 bits per heavy atom. The highest BCUT2D eigenvalue weighted by Crippen LogP contribution is 2.40. The third kappa shape index (κ3) is 34.7. The van der Waals surface area contributed by atoms with Crippen molar-refractivity contribution in [2.45, 2.75) is 385 Å². The predicted molar refractivity (Wildman–Crippen MR) is 375 cm³/mol. The van der Waals surface area contributed by atoms with Gasteiger partial charge in [0.25, 0.3) is 0 Å². The summed E-state index contributed by atoms with van der Waals surface area (Å²) in [7, 11) is 0. The van der Waals surface area contributed by atoms with Crippen LogP contribution in [0.2, 0.25) is 0 Å². The number of aliphatic hydroxyl groups excluding tert-OH is 7. The minimum Gasteiger partial charge on any atom is -0.396 e. The molecule has 6 aliphatic heterocycles. The summed E-state index contributed by atoms with van der Waals surface area (Å²) in [5.41, 5.74) is 0. The van der Waals surface area contributed by atoms with Gasteiger partial charge >= 0.3 is 0 Å². The largest absolute Gasteiger partial charge is 0.396 e. The van der Waals surface area contributed by atoms with Crippen LogP contribution in [0.4, 0.5) is 0 Å². The molecule has 6 aliphatic rings. The molecule has 0 spiro atoms. The second kappa shape index (κ2) is 45.3. The lowest BCUT2D eigenvalue weighted by atomic mass is 9.81. The van der Waals surface area contributed by atoms with Gasteiger partial charge in [0.15, 0.2) is 34.7 Å². The van der Waals surface area contributed by atoms with Gasteiger partial charge in [-0.15, -0.1) is 0 Å². The minimum atomic E-state index is -1.24. The molecule has 21 atom stereocenters. The van der Waals surface area contributed by atoms with E-state index in [9.17, 15) is 5.11 Å². The van der Waals surface area contributed by atoms with E-state index in [1.54, 1.807) is 0 Å². The van der Waals surface area contributed by atoms with E-state index in [1.807, 2.05) is 90.0 Å². The SMILES string of the molecule is CC1(C)OCC(C2OC(C)(C)OC2CCO)O1.CC1(C)OCC(C2OC(C)(C)OC2CO)O1.CCC(C)C(C)C(C)CCO.CCCC(C)C(C)C(C)CC.CCCC(C)C(C)C(C)CC.CCCC(O)C(O)C(O)CO.CCCC1OC(C)(C)OC1C1COC(C)(C)O1. The van der Waals surface area contributed by atoms with Crippen molar-refractivity contribution in [3.05, 3.63) is 0 Å². The van der Waals surface area contributed by atoms with Gasteiger partial charge in [0.2, 0.25) is 0 Å². The summed E-state index contributed by atoms with van der Waals surface area (Å²) in [5.74, 6) is 4.16. The van der Waals surface area contributed by atoms with Crippen LogP contribution < -0.4 is 0 Å². The Morgan fingerprint density at radius 2 is 0.638 bits per heavy atom. The Morgan fingerprint density at radius 1 is 0.330 bits per heavy atom. The number of ether oxygens (including phenoxy) is 12. The number of hydrogen-bond donors (Lipinski definition) is 7. The number of rotatable bonds is 28. The Balaban J connectivity index is 0.00000109. The summed E-state index contributed by atoms with van der Waals surface area (Å²) < 4.78 is 68.8. The van der Waals surface area contributed by atoms with E-state index >= 15 is 0 Å². The zero-order valence-electron chi connectivity index (χ0n) is 65.3. The summed E-state index contributed by atoms with van der Waals surface area (Å²) in [6, 6.07) is 0. The third-order valence-corrected chi connectivity index (χ3v) is 20.0. The Labute approximate surface area is 575 Å². The molecule has 6 heterocycles. The summed E-state index contributed by atoms with van der Waals surface area (Å²) in [4.78, 5) is 0. The van der Waals surface area contributed by atoms with E-state index in [4.69, 9.17) is 87.5 Å². The fourth-order valence-corrected chi connectivity index (χ4v) is 12.7. The van der Waals surface area contributed by atoms with Crippen molar-refractivity contribution in [2.75, 3.05) is 46.2 Å². The van der Waals surface area contributed by atoms with Crippen molar-refractivity contribution in [1.29, 1.82) is 0 Å².